The first-order valence-corrected chi connectivity index (χ1v) is 13.4. The number of likely N-dealkylation sites (N-methyl/N-ethyl adjacent to an activating group) is 1. The lowest BCUT2D eigenvalue weighted by molar-refractivity contribution is -0.140. The van der Waals surface area contributed by atoms with Gasteiger partial charge < -0.3 is 10.2 Å². The number of nitrogens with one attached hydrogen (secondary N) is 1. The Labute approximate surface area is 214 Å². The number of hydrogen-bond donors (Lipinski definition) is 1. The van der Waals surface area contributed by atoms with Crippen molar-refractivity contribution in [2.75, 3.05) is 23.7 Å². The summed E-state index contributed by atoms with van der Waals surface area (Å²) in [5, 5.41) is 3.43. The first-order chi connectivity index (χ1) is 16.3. The van der Waals surface area contributed by atoms with Crippen molar-refractivity contribution in [1.82, 2.24) is 10.2 Å². The van der Waals surface area contributed by atoms with E-state index in [0.717, 1.165) is 28.8 Å². The zero-order valence-corrected chi connectivity index (χ0v) is 21.9. The molecular weight excluding hydrogens is 523 g/mol. The minimum Gasteiger partial charge on any atom is -0.355 e. The fraction of sp³-hybridized carbons (Fsp3) is 0.391. The number of anilines is 1. The van der Waals surface area contributed by atoms with Gasteiger partial charge >= 0.3 is 0 Å². The van der Waals surface area contributed by atoms with Crippen LogP contribution in [0.25, 0.3) is 0 Å². The van der Waals surface area contributed by atoms with Crippen LogP contribution in [0.2, 0.25) is 10.0 Å². The van der Waals surface area contributed by atoms with Gasteiger partial charge in [-0.3, -0.25) is 13.9 Å². The van der Waals surface area contributed by atoms with Crippen molar-refractivity contribution in [2.24, 2.45) is 0 Å². The minimum absolute atomic E-state index is 0.0338. The molecule has 1 atom stereocenters. The molecule has 0 aliphatic heterocycles. The fourth-order valence-electron chi connectivity index (χ4n) is 3.38. The molecule has 0 unspecified atom stereocenters. The Hall–Kier alpha value is -2.43. The Morgan fingerprint density at radius 3 is 2.34 bits per heavy atom. The van der Waals surface area contributed by atoms with Gasteiger partial charge in [0, 0.05) is 42.2 Å². The predicted molar refractivity (Wildman–Crippen MR) is 133 cm³/mol. The van der Waals surface area contributed by atoms with E-state index in [1.807, 2.05) is 0 Å². The summed E-state index contributed by atoms with van der Waals surface area (Å²) < 4.78 is 52.3. The van der Waals surface area contributed by atoms with E-state index in [-0.39, 0.29) is 37.5 Å². The minimum atomic E-state index is -3.84. The molecule has 2 aromatic rings. The van der Waals surface area contributed by atoms with Gasteiger partial charge in [-0.1, -0.05) is 29.3 Å². The average molecular weight is 550 g/mol. The van der Waals surface area contributed by atoms with Crippen molar-refractivity contribution < 1.29 is 26.8 Å². The van der Waals surface area contributed by atoms with Crippen LogP contribution in [-0.2, 0) is 26.2 Å². The maximum absolute atomic E-state index is 13.7. The Balaban J connectivity index is 2.20. The van der Waals surface area contributed by atoms with Crippen molar-refractivity contribution in [3.05, 3.63) is 63.6 Å². The highest BCUT2D eigenvalue weighted by atomic mass is 35.5. The van der Waals surface area contributed by atoms with E-state index in [2.05, 4.69) is 5.32 Å². The van der Waals surface area contributed by atoms with E-state index in [1.54, 1.807) is 26.0 Å². The van der Waals surface area contributed by atoms with Gasteiger partial charge in [0.25, 0.3) is 0 Å². The highest BCUT2D eigenvalue weighted by Crippen LogP contribution is 2.24. The van der Waals surface area contributed by atoms with Crippen LogP contribution in [-0.4, -0.2) is 50.5 Å². The first-order valence-electron chi connectivity index (χ1n) is 10.8. The molecule has 2 aromatic carbocycles. The van der Waals surface area contributed by atoms with E-state index in [0.29, 0.717) is 22.2 Å². The van der Waals surface area contributed by atoms with E-state index >= 15 is 0 Å². The van der Waals surface area contributed by atoms with Crippen molar-refractivity contribution >= 4 is 50.7 Å². The molecule has 12 heteroatoms. The molecule has 35 heavy (non-hydrogen) atoms. The Morgan fingerprint density at radius 1 is 1.09 bits per heavy atom. The number of carbonyl (C=O) groups excluding carboxylic acids is 2. The third-order valence-corrected chi connectivity index (χ3v) is 7.00. The second-order valence-electron chi connectivity index (χ2n) is 7.87. The molecule has 0 radical (unpaired) electrons. The summed E-state index contributed by atoms with van der Waals surface area (Å²) in [6, 6.07) is 6.74. The highest BCUT2D eigenvalue weighted by molar-refractivity contribution is 7.92. The normalized spacial score (nSPS) is 12.2. The van der Waals surface area contributed by atoms with Crippen LogP contribution < -0.4 is 9.62 Å². The molecule has 2 amide bonds. The summed E-state index contributed by atoms with van der Waals surface area (Å²) in [6.07, 6.45) is 0.893. The first kappa shape index (κ1) is 28.8. The molecule has 0 bridgehead atoms. The molecular formula is C23H27Cl2F2N3O4S. The SMILES string of the molecule is CCNC(=O)[C@@H](C)N(Cc1ccc(Cl)cc1Cl)C(=O)CCCN(c1ccc(F)c(F)c1)S(C)(=O)=O. The molecule has 0 aliphatic rings. The third-order valence-electron chi connectivity index (χ3n) is 5.22. The summed E-state index contributed by atoms with van der Waals surface area (Å²) >= 11 is 12.2. The quantitative estimate of drug-likeness (QED) is 0.450. The number of sulfonamides is 1. The highest BCUT2D eigenvalue weighted by Gasteiger charge is 2.27. The second kappa shape index (κ2) is 12.5. The molecule has 0 saturated heterocycles. The zero-order valence-electron chi connectivity index (χ0n) is 19.5. The van der Waals surface area contributed by atoms with Crippen molar-refractivity contribution in [3.63, 3.8) is 0 Å². The Morgan fingerprint density at radius 2 is 1.77 bits per heavy atom. The lowest BCUT2D eigenvalue weighted by atomic mass is 10.1. The largest absolute Gasteiger partial charge is 0.355 e. The van der Waals surface area contributed by atoms with E-state index in [1.165, 1.54) is 11.0 Å². The van der Waals surface area contributed by atoms with Gasteiger partial charge in [0.1, 0.15) is 6.04 Å². The van der Waals surface area contributed by atoms with Gasteiger partial charge in [-0.05, 0) is 50.1 Å². The van der Waals surface area contributed by atoms with Crippen molar-refractivity contribution in [2.45, 2.75) is 39.3 Å². The van der Waals surface area contributed by atoms with Crippen LogP contribution in [0.15, 0.2) is 36.4 Å². The summed E-state index contributed by atoms with van der Waals surface area (Å²) in [5.41, 5.74) is 0.527. The molecule has 2 rings (SSSR count). The van der Waals surface area contributed by atoms with Gasteiger partial charge in [-0.25, -0.2) is 17.2 Å². The maximum Gasteiger partial charge on any atom is 0.242 e. The number of hydrogen-bond acceptors (Lipinski definition) is 4. The van der Waals surface area contributed by atoms with Gasteiger partial charge in [0.2, 0.25) is 21.8 Å². The van der Waals surface area contributed by atoms with Crippen LogP contribution >= 0.6 is 23.2 Å². The predicted octanol–water partition coefficient (Wildman–Crippen LogP) is 4.37. The van der Waals surface area contributed by atoms with E-state index in [9.17, 15) is 26.8 Å². The lowest BCUT2D eigenvalue weighted by Crippen LogP contribution is -2.47. The van der Waals surface area contributed by atoms with Gasteiger partial charge in [-0.15, -0.1) is 0 Å². The molecule has 0 aliphatic carbocycles. The van der Waals surface area contributed by atoms with Crippen molar-refractivity contribution in [3.8, 4) is 0 Å². The number of benzene rings is 2. The topological polar surface area (TPSA) is 86.8 Å². The van der Waals surface area contributed by atoms with Crippen LogP contribution in [0.3, 0.4) is 0 Å². The molecule has 7 nitrogen and oxygen atoms in total. The molecule has 0 aromatic heterocycles. The van der Waals surface area contributed by atoms with Crippen molar-refractivity contribution in [1.29, 1.82) is 0 Å². The monoisotopic (exact) mass is 549 g/mol. The third kappa shape index (κ3) is 8.05. The second-order valence-corrected chi connectivity index (χ2v) is 10.6. The Bertz CT molecular complexity index is 1180. The van der Waals surface area contributed by atoms with Crippen LogP contribution in [0.5, 0.6) is 0 Å². The summed E-state index contributed by atoms with van der Waals surface area (Å²) in [7, 11) is -3.84. The standard InChI is InChI=1S/C23H27Cl2F2N3O4S/c1-4-28-23(32)15(2)29(14-16-7-8-17(24)12-19(16)25)22(31)6-5-11-30(35(3,33)34)18-9-10-20(26)21(27)13-18/h7-10,12-13,15H,4-6,11,14H2,1-3H3,(H,28,32)/t15-/m1/s1. The van der Waals surface area contributed by atoms with E-state index in [4.69, 9.17) is 23.2 Å². The number of halogens is 4. The number of amides is 2. The fourth-order valence-corrected chi connectivity index (χ4v) is 4.81. The molecule has 0 spiro atoms. The number of rotatable bonds is 11. The zero-order chi connectivity index (χ0) is 26.3. The molecule has 1 N–H and O–H groups in total. The summed E-state index contributed by atoms with van der Waals surface area (Å²) in [5.74, 6) is -3.05. The van der Waals surface area contributed by atoms with Crippen LogP contribution in [0.4, 0.5) is 14.5 Å². The lowest BCUT2D eigenvalue weighted by Gasteiger charge is -2.29. The number of nitrogens with zero attached hydrogens (tertiary/aromatic N) is 2. The average Bonchev–Trinajstić information content (AvgIpc) is 2.77. The van der Waals surface area contributed by atoms with Gasteiger partial charge in [0.15, 0.2) is 11.6 Å². The van der Waals surface area contributed by atoms with Gasteiger partial charge in [-0.2, -0.15) is 0 Å². The summed E-state index contributed by atoms with van der Waals surface area (Å²) in [6.45, 7) is 3.60. The molecule has 0 heterocycles. The Kier molecular flexibility index (Phi) is 10.3. The molecule has 192 valence electrons. The van der Waals surface area contributed by atoms with E-state index < -0.39 is 33.6 Å². The van der Waals surface area contributed by atoms with Crippen LogP contribution in [0, 0.1) is 11.6 Å². The van der Waals surface area contributed by atoms with Gasteiger partial charge in [0.05, 0.1) is 11.9 Å². The molecule has 0 saturated carbocycles. The maximum atomic E-state index is 13.7. The number of carbonyl (C=O) groups is 2. The summed E-state index contributed by atoms with van der Waals surface area (Å²) in [4.78, 5) is 27.0. The van der Waals surface area contributed by atoms with Crippen LogP contribution in [0.1, 0.15) is 32.3 Å². The molecule has 0 fully saturated rings. The smallest absolute Gasteiger partial charge is 0.242 e.